The molecule has 1 unspecified atom stereocenters. The molecule has 0 fully saturated rings. The second-order valence-corrected chi connectivity index (χ2v) is 13.7. The highest BCUT2D eigenvalue weighted by Gasteiger charge is 2.28. The van der Waals surface area contributed by atoms with Gasteiger partial charge >= 0.3 is 0 Å². The minimum atomic E-state index is -1.79. The summed E-state index contributed by atoms with van der Waals surface area (Å²) < 4.78 is 1.74. The summed E-state index contributed by atoms with van der Waals surface area (Å²) in [7, 11) is -1.79. The Morgan fingerprint density at radius 1 is 0.967 bits per heavy atom. The van der Waals surface area contributed by atoms with Crippen molar-refractivity contribution in [1.29, 1.82) is 0 Å². The summed E-state index contributed by atoms with van der Waals surface area (Å²) in [6.45, 7) is 6.61. The Labute approximate surface area is 181 Å². The lowest BCUT2D eigenvalue weighted by Gasteiger charge is -2.24. The lowest BCUT2D eigenvalue weighted by molar-refractivity contribution is 0.0929. The topological polar surface area (TPSA) is 59.8 Å². The molecule has 0 aliphatic rings. The number of halogens is 1. The number of nitrogens with one attached hydrogen (secondary N) is 1. The van der Waals surface area contributed by atoms with E-state index < -0.39 is 14.2 Å². The van der Waals surface area contributed by atoms with E-state index in [4.69, 9.17) is 11.6 Å². The average molecular weight is 435 g/mol. The molecule has 7 heteroatoms. The highest BCUT2D eigenvalue weighted by Crippen LogP contribution is 2.23. The molecule has 1 heterocycles. The van der Waals surface area contributed by atoms with Crippen LogP contribution in [0.2, 0.25) is 24.7 Å². The first-order valence-electron chi connectivity index (χ1n) is 9.81. The van der Waals surface area contributed by atoms with Crippen molar-refractivity contribution in [2.45, 2.75) is 25.8 Å². The lowest BCUT2D eigenvalue weighted by Crippen LogP contribution is -2.45. The first-order chi connectivity index (χ1) is 14.4. The van der Waals surface area contributed by atoms with Crippen molar-refractivity contribution in [3.05, 3.63) is 88.9 Å². The van der Waals surface area contributed by atoms with Crippen molar-refractivity contribution in [2.24, 2.45) is 0 Å². The Morgan fingerprint density at radius 2 is 1.67 bits per heavy atom. The Kier molecular flexibility index (Phi) is 5.45. The van der Waals surface area contributed by atoms with Gasteiger partial charge in [-0.2, -0.15) is 0 Å². The molecular weight excluding hydrogens is 412 g/mol. The minimum Gasteiger partial charge on any atom is -0.326 e. The van der Waals surface area contributed by atoms with Crippen molar-refractivity contribution in [3.63, 3.8) is 0 Å². The first-order valence-corrected chi connectivity index (χ1v) is 13.7. The monoisotopic (exact) mass is 434 g/mol. The molecule has 0 radical (unpaired) electrons. The standard InChI is InChI=1S/C23H23ClN4OSi/c1-30(2,3)20-15-9-12-17(24)21(20)23(29)25-22(16-10-5-4-6-11-16)28-19-14-8-7-13-18(19)26-27-28/h4-15,22H,1-3H3,(H,25,29). The van der Waals surface area contributed by atoms with E-state index in [1.165, 1.54) is 0 Å². The molecule has 0 spiro atoms. The fraction of sp³-hybridized carbons (Fsp3) is 0.174. The van der Waals surface area contributed by atoms with Crippen molar-refractivity contribution >= 4 is 41.8 Å². The van der Waals surface area contributed by atoms with Crippen LogP contribution in [0.15, 0.2) is 72.8 Å². The van der Waals surface area contributed by atoms with E-state index >= 15 is 0 Å². The van der Waals surface area contributed by atoms with Gasteiger partial charge in [-0.25, -0.2) is 4.68 Å². The number of amides is 1. The molecule has 1 atom stereocenters. The summed E-state index contributed by atoms with van der Waals surface area (Å²) in [4.78, 5) is 13.5. The summed E-state index contributed by atoms with van der Waals surface area (Å²) >= 11 is 6.51. The molecule has 0 aliphatic carbocycles. The van der Waals surface area contributed by atoms with Crippen LogP contribution in [0.5, 0.6) is 0 Å². The van der Waals surface area contributed by atoms with Gasteiger partial charge in [-0.3, -0.25) is 4.79 Å². The van der Waals surface area contributed by atoms with Gasteiger partial charge in [0.2, 0.25) is 0 Å². The Morgan fingerprint density at radius 3 is 2.40 bits per heavy atom. The van der Waals surface area contributed by atoms with E-state index in [-0.39, 0.29) is 5.91 Å². The third-order valence-corrected chi connectivity index (χ3v) is 7.40. The number of benzene rings is 3. The molecule has 1 aromatic heterocycles. The molecule has 1 amide bonds. The van der Waals surface area contributed by atoms with Gasteiger partial charge in [0.15, 0.2) is 6.17 Å². The van der Waals surface area contributed by atoms with Crippen molar-refractivity contribution in [2.75, 3.05) is 0 Å². The third kappa shape index (κ3) is 3.88. The number of hydrogen-bond acceptors (Lipinski definition) is 3. The molecule has 0 saturated heterocycles. The van der Waals surface area contributed by atoms with Gasteiger partial charge in [-0.15, -0.1) is 5.10 Å². The molecular formula is C23H23ClN4OSi. The maximum absolute atomic E-state index is 13.5. The summed E-state index contributed by atoms with van der Waals surface area (Å²) in [5.41, 5.74) is 3.07. The maximum atomic E-state index is 13.5. The summed E-state index contributed by atoms with van der Waals surface area (Å²) in [5.74, 6) is -0.216. The van der Waals surface area contributed by atoms with Crippen molar-refractivity contribution in [3.8, 4) is 0 Å². The van der Waals surface area contributed by atoms with Crippen LogP contribution >= 0.6 is 11.6 Å². The van der Waals surface area contributed by atoms with Gasteiger partial charge in [0.1, 0.15) is 5.52 Å². The van der Waals surface area contributed by atoms with E-state index in [0.717, 1.165) is 21.8 Å². The SMILES string of the molecule is C[Si](C)(C)c1cccc(Cl)c1C(=O)NC(c1ccccc1)n1nnc2ccccc21. The molecule has 4 rings (SSSR count). The second kappa shape index (κ2) is 8.05. The molecule has 152 valence electrons. The number of hydrogen-bond donors (Lipinski definition) is 1. The fourth-order valence-electron chi connectivity index (χ4n) is 3.57. The number of fused-ring (bicyclic) bond motifs is 1. The van der Waals surface area contributed by atoms with Gasteiger partial charge in [0, 0.05) is 0 Å². The lowest BCUT2D eigenvalue weighted by atomic mass is 10.1. The normalized spacial score (nSPS) is 12.7. The first kappa shape index (κ1) is 20.3. The van der Waals surface area contributed by atoms with Crippen LogP contribution in [-0.4, -0.2) is 29.0 Å². The van der Waals surface area contributed by atoms with Crippen LogP contribution in [0.25, 0.3) is 11.0 Å². The van der Waals surface area contributed by atoms with Gasteiger partial charge in [-0.1, -0.05) is 91.1 Å². The number of aromatic nitrogens is 3. The maximum Gasteiger partial charge on any atom is 0.254 e. The largest absolute Gasteiger partial charge is 0.326 e. The van der Waals surface area contributed by atoms with Gasteiger partial charge in [0.25, 0.3) is 5.91 Å². The van der Waals surface area contributed by atoms with E-state index in [9.17, 15) is 4.79 Å². The minimum absolute atomic E-state index is 0.216. The highest BCUT2D eigenvalue weighted by atomic mass is 35.5. The predicted molar refractivity (Wildman–Crippen MR) is 124 cm³/mol. The van der Waals surface area contributed by atoms with E-state index in [1.807, 2.05) is 66.7 Å². The van der Waals surface area contributed by atoms with Gasteiger partial charge in [-0.05, 0) is 28.9 Å². The zero-order valence-electron chi connectivity index (χ0n) is 17.1. The van der Waals surface area contributed by atoms with Crippen LogP contribution in [0.1, 0.15) is 22.1 Å². The number of rotatable bonds is 5. The summed E-state index contributed by atoms with van der Waals surface area (Å²) in [6, 6.07) is 23.1. The molecule has 30 heavy (non-hydrogen) atoms. The quantitative estimate of drug-likeness (QED) is 0.467. The third-order valence-electron chi connectivity index (χ3n) is 5.05. The Balaban J connectivity index is 1.81. The molecule has 4 aromatic rings. The van der Waals surface area contributed by atoms with Crippen LogP contribution in [0, 0.1) is 0 Å². The van der Waals surface area contributed by atoms with Gasteiger partial charge < -0.3 is 5.32 Å². The fourth-order valence-corrected chi connectivity index (χ4v) is 5.51. The van der Waals surface area contributed by atoms with Crippen LogP contribution in [0.4, 0.5) is 0 Å². The zero-order valence-corrected chi connectivity index (χ0v) is 18.9. The smallest absolute Gasteiger partial charge is 0.254 e. The second-order valence-electron chi connectivity index (χ2n) is 8.22. The predicted octanol–water partition coefficient (Wildman–Crippen LogP) is 4.61. The molecule has 5 nitrogen and oxygen atoms in total. The number of nitrogens with zero attached hydrogens (tertiary/aromatic N) is 3. The zero-order chi connectivity index (χ0) is 21.3. The molecule has 0 saturated carbocycles. The highest BCUT2D eigenvalue weighted by molar-refractivity contribution is 6.89. The Bertz CT molecular complexity index is 1200. The van der Waals surface area contributed by atoms with E-state index in [1.54, 1.807) is 10.7 Å². The van der Waals surface area contributed by atoms with Crippen LogP contribution in [-0.2, 0) is 0 Å². The van der Waals surface area contributed by atoms with E-state index in [2.05, 4.69) is 35.3 Å². The molecule has 3 aromatic carbocycles. The Hall–Kier alpha value is -2.96. The molecule has 1 N–H and O–H groups in total. The van der Waals surface area contributed by atoms with Crippen LogP contribution < -0.4 is 10.5 Å². The van der Waals surface area contributed by atoms with E-state index in [0.29, 0.717) is 10.6 Å². The van der Waals surface area contributed by atoms with Crippen molar-refractivity contribution < 1.29 is 4.79 Å². The number of carbonyl (C=O) groups excluding carboxylic acids is 1. The number of para-hydroxylation sites is 1. The van der Waals surface area contributed by atoms with Crippen LogP contribution in [0.3, 0.4) is 0 Å². The van der Waals surface area contributed by atoms with Gasteiger partial charge in [0.05, 0.1) is 24.2 Å². The average Bonchev–Trinajstić information content (AvgIpc) is 3.15. The molecule has 0 bridgehead atoms. The van der Waals surface area contributed by atoms with Crippen molar-refractivity contribution in [1.82, 2.24) is 20.3 Å². The number of carbonyl (C=O) groups is 1. The molecule has 0 aliphatic heterocycles. The summed E-state index contributed by atoms with van der Waals surface area (Å²) in [5, 5.41) is 13.2. The summed E-state index contributed by atoms with van der Waals surface area (Å²) in [6.07, 6.45) is -0.517.